The van der Waals surface area contributed by atoms with Crippen molar-refractivity contribution in [3.8, 4) is 0 Å². The number of amides is 1. The molecule has 0 spiro atoms. The molecule has 0 bridgehead atoms. The summed E-state index contributed by atoms with van der Waals surface area (Å²) in [5, 5.41) is 2.90. The van der Waals surface area contributed by atoms with Gasteiger partial charge in [-0.25, -0.2) is 4.98 Å². The Labute approximate surface area is 107 Å². The first kappa shape index (κ1) is 12.8. The summed E-state index contributed by atoms with van der Waals surface area (Å²) >= 11 is 0. The maximum atomic E-state index is 12.0. The van der Waals surface area contributed by atoms with Gasteiger partial charge in [0.2, 0.25) is 0 Å². The van der Waals surface area contributed by atoms with Gasteiger partial charge >= 0.3 is 0 Å². The number of anilines is 1. The van der Waals surface area contributed by atoms with Crippen LogP contribution in [0.5, 0.6) is 0 Å². The number of carbonyl (C=O) groups excluding carboxylic acids is 1. The molecule has 1 atom stereocenters. The van der Waals surface area contributed by atoms with Crippen LogP contribution in [0.15, 0.2) is 18.3 Å². The van der Waals surface area contributed by atoms with E-state index in [1.165, 1.54) is 0 Å². The number of hydrogen-bond acceptors (Lipinski definition) is 4. The molecule has 2 heterocycles. The zero-order valence-electron chi connectivity index (χ0n) is 10.8. The van der Waals surface area contributed by atoms with Gasteiger partial charge in [0.25, 0.3) is 5.91 Å². The van der Waals surface area contributed by atoms with Gasteiger partial charge < -0.3 is 15.0 Å². The number of nitrogens with zero attached hydrogens (tertiary/aromatic N) is 2. The quantitative estimate of drug-likeness (QED) is 0.867. The van der Waals surface area contributed by atoms with Crippen LogP contribution in [0.3, 0.4) is 0 Å². The van der Waals surface area contributed by atoms with Crippen LogP contribution < -0.4 is 10.2 Å². The van der Waals surface area contributed by atoms with Crippen molar-refractivity contribution in [3.63, 3.8) is 0 Å². The molecule has 0 saturated carbocycles. The predicted octanol–water partition coefficient (Wildman–Crippen LogP) is 1.06. The third kappa shape index (κ3) is 3.20. The molecule has 18 heavy (non-hydrogen) atoms. The number of carbonyl (C=O) groups is 1. The first-order chi connectivity index (χ1) is 8.66. The first-order valence-electron chi connectivity index (χ1n) is 6.20. The van der Waals surface area contributed by atoms with Crippen LogP contribution in [0.2, 0.25) is 0 Å². The number of nitrogens with one attached hydrogen (secondary N) is 1. The smallest absolute Gasteiger partial charge is 0.251 e. The van der Waals surface area contributed by atoms with Crippen molar-refractivity contribution in [2.45, 2.75) is 18.9 Å². The highest BCUT2D eigenvalue weighted by Gasteiger charge is 2.16. The SMILES string of the molecule is CN(C)c1cc(C(=O)NC[C@@H]2CCCO2)ccn1. The number of pyridine rings is 1. The average molecular weight is 249 g/mol. The Bertz CT molecular complexity index is 414. The topological polar surface area (TPSA) is 54.5 Å². The third-order valence-corrected chi connectivity index (χ3v) is 2.98. The Morgan fingerprint density at radius 1 is 1.61 bits per heavy atom. The largest absolute Gasteiger partial charge is 0.376 e. The van der Waals surface area contributed by atoms with E-state index >= 15 is 0 Å². The van der Waals surface area contributed by atoms with E-state index in [0.29, 0.717) is 12.1 Å². The molecule has 0 unspecified atom stereocenters. The molecular formula is C13H19N3O2. The van der Waals surface area contributed by atoms with Crippen LogP contribution in [0.25, 0.3) is 0 Å². The monoisotopic (exact) mass is 249 g/mol. The van der Waals surface area contributed by atoms with Crippen molar-refractivity contribution in [2.24, 2.45) is 0 Å². The van der Waals surface area contributed by atoms with Gasteiger partial charge in [-0.15, -0.1) is 0 Å². The van der Waals surface area contributed by atoms with Crippen molar-refractivity contribution in [1.29, 1.82) is 0 Å². The van der Waals surface area contributed by atoms with Gasteiger partial charge in [0.15, 0.2) is 0 Å². The lowest BCUT2D eigenvalue weighted by molar-refractivity contribution is 0.0857. The summed E-state index contributed by atoms with van der Waals surface area (Å²) in [7, 11) is 3.80. The van der Waals surface area contributed by atoms with Crippen molar-refractivity contribution < 1.29 is 9.53 Å². The fraction of sp³-hybridized carbons (Fsp3) is 0.538. The number of hydrogen-bond donors (Lipinski definition) is 1. The van der Waals surface area contributed by atoms with E-state index in [4.69, 9.17) is 4.74 Å². The van der Waals surface area contributed by atoms with Crippen molar-refractivity contribution >= 4 is 11.7 Å². The molecule has 1 aliphatic heterocycles. The minimum Gasteiger partial charge on any atom is -0.376 e. The summed E-state index contributed by atoms with van der Waals surface area (Å²) in [6.45, 7) is 1.39. The van der Waals surface area contributed by atoms with Gasteiger partial charge in [-0.2, -0.15) is 0 Å². The maximum absolute atomic E-state index is 12.0. The number of rotatable bonds is 4. The minimum absolute atomic E-state index is 0.0731. The highest BCUT2D eigenvalue weighted by Crippen LogP contribution is 2.12. The summed E-state index contributed by atoms with van der Waals surface area (Å²) in [5.74, 6) is 0.704. The van der Waals surface area contributed by atoms with E-state index in [2.05, 4.69) is 10.3 Å². The lowest BCUT2D eigenvalue weighted by atomic mass is 10.2. The summed E-state index contributed by atoms with van der Waals surface area (Å²) in [6.07, 6.45) is 3.93. The van der Waals surface area contributed by atoms with Crippen LogP contribution >= 0.6 is 0 Å². The molecular weight excluding hydrogens is 230 g/mol. The van der Waals surface area contributed by atoms with Gasteiger partial charge in [-0.1, -0.05) is 0 Å². The first-order valence-corrected chi connectivity index (χ1v) is 6.20. The second-order valence-corrected chi connectivity index (χ2v) is 4.64. The van der Waals surface area contributed by atoms with E-state index < -0.39 is 0 Å². The summed E-state index contributed by atoms with van der Waals surface area (Å²) in [4.78, 5) is 18.0. The van der Waals surface area contributed by atoms with Crippen LogP contribution in [0, 0.1) is 0 Å². The van der Waals surface area contributed by atoms with E-state index in [9.17, 15) is 4.79 Å². The average Bonchev–Trinajstić information content (AvgIpc) is 2.89. The molecule has 1 fully saturated rings. The molecule has 1 saturated heterocycles. The molecule has 5 heteroatoms. The Morgan fingerprint density at radius 2 is 2.44 bits per heavy atom. The van der Waals surface area contributed by atoms with Gasteiger partial charge in [-0.3, -0.25) is 4.79 Å². The van der Waals surface area contributed by atoms with Crippen LogP contribution in [-0.2, 0) is 4.74 Å². The fourth-order valence-corrected chi connectivity index (χ4v) is 1.92. The highest BCUT2D eigenvalue weighted by molar-refractivity contribution is 5.94. The molecule has 1 amide bonds. The normalized spacial score (nSPS) is 18.7. The van der Waals surface area contributed by atoms with Gasteiger partial charge in [0.1, 0.15) is 5.82 Å². The zero-order valence-corrected chi connectivity index (χ0v) is 10.8. The number of aromatic nitrogens is 1. The molecule has 0 aliphatic carbocycles. The van der Waals surface area contributed by atoms with Crippen molar-refractivity contribution in [3.05, 3.63) is 23.9 Å². The Balaban J connectivity index is 1.93. The lowest BCUT2D eigenvalue weighted by Crippen LogP contribution is -2.31. The van der Waals surface area contributed by atoms with E-state index in [1.54, 1.807) is 18.3 Å². The molecule has 1 N–H and O–H groups in total. The Hall–Kier alpha value is -1.62. The van der Waals surface area contributed by atoms with Gasteiger partial charge in [0.05, 0.1) is 6.10 Å². The van der Waals surface area contributed by atoms with Gasteiger partial charge in [0, 0.05) is 39.0 Å². The van der Waals surface area contributed by atoms with Crippen LogP contribution in [0.1, 0.15) is 23.2 Å². The van der Waals surface area contributed by atoms with Crippen molar-refractivity contribution in [2.75, 3.05) is 32.1 Å². The van der Waals surface area contributed by atoms with E-state index in [-0.39, 0.29) is 12.0 Å². The van der Waals surface area contributed by atoms with E-state index in [0.717, 1.165) is 25.3 Å². The third-order valence-electron chi connectivity index (χ3n) is 2.98. The Kier molecular flexibility index (Phi) is 4.15. The summed E-state index contributed by atoms with van der Waals surface area (Å²) in [6, 6.07) is 3.50. The molecule has 5 nitrogen and oxygen atoms in total. The minimum atomic E-state index is -0.0731. The molecule has 0 radical (unpaired) electrons. The van der Waals surface area contributed by atoms with Crippen LogP contribution in [-0.4, -0.2) is 44.2 Å². The molecule has 98 valence electrons. The molecule has 1 aliphatic rings. The summed E-state index contributed by atoms with van der Waals surface area (Å²) < 4.78 is 5.47. The highest BCUT2D eigenvalue weighted by atomic mass is 16.5. The van der Waals surface area contributed by atoms with Crippen molar-refractivity contribution in [1.82, 2.24) is 10.3 Å². The predicted molar refractivity (Wildman–Crippen MR) is 69.9 cm³/mol. The Morgan fingerprint density at radius 3 is 3.11 bits per heavy atom. The fourth-order valence-electron chi connectivity index (χ4n) is 1.92. The molecule has 1 aromatic heterocycles. The van der Waals surface area contributed by atoms with Gasteiger partial charge in [-0.05, 0) is 25.0 Å². The zero-order chi connectivity index (χ0) is 13.0. The molecule has 1 aromatic rings. The second-order valence-electron chi connectivity index (χ2n) is 4.64. The molecule has 0 aromatic carbocycles. The van der Waals surface area contributed by atoms with E-state index in [1.807, 2.05) is 19.0 Å². The standard InChI is InChI=1S/C13H19N3O2/c1-16(2)12-8-10(5-6-14-12)13(17)15-9-11-4-3-7-18-11/h5-6,8,11H,3-4,7,9H2,1-2H3,(H,15,17)/t11-/m0/s1. The maximum Gasteiger partial charge on any atom is 0.251 e. The lowest BCUT2D eigenvalue weighted by Gasteiger charge is -2.13. The number of ether oxygens (including phenoxy) is 1. The van der Waals surface area contributed by atoms with Crippen LogP contribution in [0.4, 0.5) is 5.82 Å². The second kappa shape index (κ2) is 5.82. The molecule has 2 rings (SSSR count). The summed E-state index contributed by atoms with van der Waals surface area (Å²) in [5.41, 5.74) is 0.631.